The van der Waals surface area contributed by atoms with Gasteiger partial charge >= 0.3 is 0 Å². The zero-order chi connectivity index (χ0) is 23.1. The second-order valence-electron chi connectivity index (χ2n) is 8.12. The van der Waals surface area contributed by atoms with Crippen LogP contribution in [0.15, 0.2) is 69.8 Å². The quantitative estimate of drug-likeness (QED) is 0.372. The van der Waals surface area contributed by atoms with Crippen molar-refractivity contribution >= 4 is 62.8 Å². The number of hydrogen-bond acceptors (Lipinski definition) is 5. The van der Waals surface area contributed by atoms with Gasteiger partial charge in [-0.25, -0.2) is 0 Å². The van der Waals surface area contributed by atoms with Crippen LogP contribution in [0.4, 0.5) is 5.69 Å². The summed E-state index contributed by atoms with van der Waals surface area (Å²) in [5.74, 6) is 0. The van der Waals surface area contributed by atoms with E-state index >= 15 is 0 Å². The van der Waals surface area contributed by atoms with E-state index in [4.69, 9.17) is 11.6 Å². The molecule has 0 bridgehead atoms. The molecule has 4 aromatic rings. The number of benzene rings is 2. The van der Waals surface area contributed by atoms with Crippen molar-refractivity contribution < 1.29 is 4.57 Å². The van der Waals surface area contributed by atoms with E-state index < -0.39 is 0 Å². The van der Waals surface area contributed by atoms with Gasteiger partial charge in [-0.15, -0.1) is 11.3 Å². The van der Waals surface area contributed by atoms with Gasteiger partial charge in [0.15, 0.2) is 12.7 Å². The van der Waals surface area contributed by atoms with Gasteiger partial charge in [0.1, 0.15) is 14.2 Å². The number of nitrogens with zero attached hydrogens (tertiary/aromatic N) is 3. The van der Waals surface area contributed by atoms with Crippen molar-refractivity contribution in [3.05, 3.63) is 95.3 Å². The molecule has 0 aliphatic carbocycles. The average Bonchev–Trinajstić information content (AvgIpc) is 3.45. The Hall–Kier alpha value is -2.32. The second-order valence-corrected chi connectivity index (χ2v) is 11.5. The number of thioether (sulfide) groups is 1. The van der Waals surface area contributed by atoms with Gasteiger partial charge in [0.25, 0.3) is 10.6 Å². The van der Waals surface area contributed by atoms with Crippen LogP contribution in [0.1, 0.15) is 30.5 Å². The van der Waals surface area contributed by atoms with Crippen LogP contribution in [0.2, 0.25) is 5.02 Å². The Balaban J connectivity index is 1.64. The van der Waals surface area contributed by atoms with E-state index in [0.717, 1.165) is 36.4 Å². The van der Waals surface area contributed by atoms with Crippen molar-refractivity contribution in [2.45, 2.75) is 31.3 Å². The lowest BCUT2D eigenvalue weighted by Gasteiger charge is -2.12. The zero-order valence-corrected chi connectivity index (χ0v) is 21.7. The normalized spacial score (nSPS) is 15.5. The second kappa shape index (κ2) is 9.14. The number of aromatic nitrogens is 2. The standard InChI is InChI=1S/C25H23ClN3OS3/c1-16(2)29-22(14-21-28(11-12-31-21)15-17-7-5-4-6-8-17)33-23(24(29)30)25-27(3)19-10-9-18(26)13-20(19)32-25/h4-14,16H,15H2,1-3H3/q+1. The largest absolute Gasteiger partial charge is 0.337 e. The summed E-state index contributed by atoms with van der Waals surface area (Å²) in [5.41, 5.74) is 2.38. The maximum Gasteiger partial charge on any atom is 0.271 e. The monoisotopic (exact) mass is 512 g/mol. The topological polar surface area (TPSA) is 29.1 Å². The van der Waals surface area contributed by atoms with Crippen molar-refractivity contribution in [3.8, 4) is 0 Å². The lowest BCUT2D eigenvalue weighted by Crippen LogP contribution is -2.37. The van der Waals surface area contributed by atoms with Gasteiger partial charge < -0.3 is 4.90 Å². The number of rotatable bonds is 4. The third-order valence-electron chi connectivity index (χ3n) is 5.52. The summed E-state index contributed by atoms with van der Waals surface area (Å²) in [7, 11) is 2.01. The molecule has 33 heavy (non-hydrogen) atoms. The smallest absolute Gasteiger partial charge is 0.271 e. The summed E-state index contributed by atoms with van der Waals surface area (Å²) < 4.78 is 5.87. The first kappa shape index (κ1) is 22.5. The first-order valence-corrected chi connectivity index (χ1v) is 13.5. The maximum atomic E-state index is 13.5. The van der Waals surface area contributed by atoms with E-state index in [0.29, 0.717) is 5.02 Å². The van der Waals surface area contributed by atoms with Gasteiger partial charge in [0.2, 0.25) is 0 Å². The SMILES string of the molecule is CC(C)n1c(=Cc2scc[n+]2Cc2ccccc2)sc(=C2Sc3cc(Cl)ccc3N2C)c1=O. The third kappa shape index (κ3) is 4.30. The molecule has 0 fully saturated rings. The molecule has 5 rings (SSSR count). The molecule has 0 saturated carbocycles. The van der Waals surface area contributed by atoms with Crippen molar-refractivity contribution in [3.63, 3.8) is 0 Å². The molecule has 0 atom stereocenters. The summed E-state index contributed by atoms with van der Waals surface area (Å²) in [6.45, 7) is 4.92. The molecular weight excluding hydrogens is 490 g/mol. The molecule has 0 radical (unpaired) electrons. The van der Waals surface area contributed by atoms with Crippen molar-refractivity contribution in [2.24, 2.45) is 0 Å². The predicted octanol–water partition coefficient (Wildman–Crippen LogP) is 4.68. The molecule has 0 unspecified atom stereocenters. The molecule has 2 aromatic carbocycles. The van der Waals surface area contributed by atoms with E-state index in [-0.39, 0.29) is 11.6 Å². The fourth-order valence-electron chi connectivity index (χ4n) is 3.91. The number of anilines is 1. The molecule has 4 nitrogen and oxygen atoms in total. The summed E-state index contributed by atoms with van der Waals surface area (Å²) in [5, 5.41) is 4.88. The van der Waals surface area contributed by atoms with Gasteiger partial charge in [0.05, 0.1) is 17.1 Å². The minimum Gasteiger partial charge on any atom is -0.337 e. The Bertz CT molecular complexity index is 1500. The van der Waals surface area contributed by atoms with Crippen LogP contribution in [-0.4, -0.2) is 11.6 Å². The minimum atomic E-state index is 0.0562. The molecule has 2 aromatic heterocycles. The average molecular weight is 513 g/mol. The number of halogens is 1. The fourth-order valence-corrected chi connectivity index (χ4v) is 7.56. The van der Waals surface area contributed by atoms with Crippen LogP contribution in [0, 0.1) is 0 Å². The van der Waals surface area contributed by atoms with Crippen LogP contribution in [0.5, 0.6) is 0 Å². The van der Waals surface area contributed by atoms with Gasteiger partial charge in [-0.05, 0) is 32.0 Å². The lowest BCUT2D eigenvalue weighted by atomic mass is 10.2. The summed E-state index contributed by atoms with van der Waals surface area (Å²) in [6, 6.07) is 16.4. The van der Waals surface area contributed by atoms with E-state index in [2.05, 4.69) is 65.2 Å². The molecule has 0 saturated heterocycles. The number of hydrogen-bond donors (Lipinski definition) is 0. The highest BCUT2D eigenvalue weighted by atomic mass is 35.5. The number of thiazole rings is 2. The van der Waals surface area contributed by atoms with Crippen LogP contribution in [-0.2, 0) is 6.54 Å². The zero-order valence-electron chi connectivity index (χ0n) is 18.5. The molecule has 3 heterocycles. The van der Waals surface area contributed by atoms with E-state index in [1.807, 2.05) is 35.9 Å². The Morgan fingerprint density at radius 2 is 1.94 bits per heavy atom. The van der Waals surface area contributed by atoms with Crippen molar-refractivity contribution in [2.75, 3.05) is 11.9 Å². The van der Waals surface area contributed by atoms with E-state index in [9.17, 15) is 4.79 Å². The molecular formula is C25H23ClN3OS3+. The molecule has 0 spiro atoms. The Morgan fingerprint density at radius 3 is 2.70 bits per heavy atom. The van der Waals surface area contributed by atoms with E-state index in [1.54, 1.807) is 34.4 Å². The minimum absolute atomic E-state index is 0.0562. The fraction of sp³-hybridized carbons (Fsp3) is 0.200. The summed E-state index contributed by atoms with van der Waals surface area (Å²) in [4.78, 5) is 16.7. The van der Waals surface area contributed by atoms with Crippen LogP contribution >= 0.6 is 46.0 Å². The summed E-state index contributed by atoms with van der Waals surface area (Å²) in [6.07, 6.45) is 4.25. The van der Waals surface area contributed by atoms with Gasteiger partial charge in [-0.3, -0.25) is 9.36 Å². The highest BCUT2D eigenvalue weighted by Crippen LogP contribution is 2.46. The molecule has 0 amide bonds. The van der Waals surface area contributed by atoms with Crippen molar-refractivity contribution in [1.82, 2.24) is 4.57 Å². The highest BCUT2D eigenvalue weighted by Gasteiger charge is 2.25. The first-order valence-electron chi connectivity index (χ1n) is 10.6. The summed E-state index contributed by atoms with van der Waals surface area (Å²) >= 11 is 11.1. The van der Waals surface area contributed by atoms with Gasteiger partial charge in [0, 0.05) is 28.6 Å². The molecule has 8 heteroatoms. The number of fused-ring (bicyclic) bond motifs is 1. The van der Waals surface area contributed by atoms with Gasteiger partial charge in [-0.1, -0.05) is 65.0 Å². The first-order chi connectivity index (χ1) is 15.9. The molecule has 1 aliphatic rings. The third-order valence-corrected chi connectivity index (χ3v) is 9.05. The Labute approximate surface area is 209 Å². The van der Waals surface area contributed by atoms with Crippen molar-refractivity contribution in [1.29, 1.82) is 0 Å². The van der Waals surface area contributed by atoms with Crippen LogP contribution in [0.3, 0.4) is 0 Å². The lowest BCUT2D eigenvalue weighted by molar-refractivity contribution is -0.685. The molecule has 0 N–H and O–H groups in total. The highest BCUT2D eigenvalue weighted by molar-refractivity contribution is 8.08. The molecule has 1 aliphatic heterocycles. The predicted molar refractivity (Wildman–Crippen MR) is 141 cm³/mol. The van der Waals surface area contributed by atoms with Crippen LogP contribution < -0.4 is 24.2 Å². The molecule has 168 valence electrons. The van der Waals surface area contributed by atoms with Crippen LogP contribution in [0.25, 0.3) is 11.1 Å². The van der Waals surface area contributed by atoms with E-state index in [1.165, 1.54) is 5.56 Å². The van der Waals surface area contributed by atoms with Gasteiger partial charge in [-0.2, -0.15) is 4.57 Å². The Kier molecular flexibility index (Phi) is 6.22. The Morgan fingerprint density at radius 1 is 1.15 bits per heavy atom. The maximum absolute atomic E-state index is 13.5.